The van der Waals surface area contributed by atoms with Gasteiger partial charge >= 0.3 is 0 Å². The highest BCUT2D eigenvalue weighted by atomic mass is 79.9. The maximum Gasteiger partial charge on any atom is 0.204 e. The summed E-state index contributed by atoms with van der Waals surface area (Å²) < 4.78 is 34.8. The molecule has 0 bridgehead atoms. The summed E-state index contributed by atoms with van der Waals surface area (Å²) in [5, 5.41) is 0. The first-order chi connectivity index (χ1) is 12.5. The molecule has 140 valence electrons. The van der Waals surface area contributed by atoms with Crippen molar-refractivity contribution in [2.24, 2.45) is 0 Å². The second kappa shape index (κ2) is 7.53. The van der Waals surface area contributed by atoms with Gasteiger partial charge in [0.25, 0.3) is 0 Å². The van der Waals surface area contributed by atoms with Crippen molar-refractivity contribution in [3.05, 3.63) is 34.3 Å². The normalized spacial score (nSPS) is 18.2. The summed E-state index contributed by atoms with van der Waals surface area (Å²) in [6.45, 7) is 1.94. The molecule has 6 nitrogen and oxygen atoms in total. The molecule has 0 spiro atoms. The summed E-state index contributed by atoms with van der Waals surface area (Å²) in [4.78, 5) is 0. The third-order valence-electron chi connectivity index (χ3n) is 4.21. The Morgan fingerprint density at radius 3 is 1.96 bits per heavy atom. The van der Waals surface area contributed by atoms with E-state index in [1.165, 1.54) is 0 Å². The second-order valence-corrected chi connectivity index (χ2v) is 6.67. The Hall–Kier alpha value is -2.28. The summed E-state index contributed by atoms with van der Waals surface area (Å²) in [7, 11) is 6.34. The molecular weight excluding hydrogens is 404 g/mol. The van der Waals surface area contributed by atoms with Crippen molar-refractivity contribution in [3.63, 3.8) is 0 Å². The number of ether oxygens (including phenoxy) is 6. The molecule has 1 aliphatic rings. The Morgan fingerprint density at radius 1 is 0.808 bits per heavy atom. The molecule has 0 saturated heterocycles. The summed E-state index contributed by atoms with van der Waals surface area (Å²) in [5.74, 6) is 3.48. The summed E-state index contributed by atoms with van der Waals surface area (Å²) in [6, 6.07) is 7.43. The summed E-state index contributed by atoms with van der Waals surface area (Å²) in [6.07, 6.45) is -0.601. The van der Waals surface area contributed by atoms with Crippen LogP contribution in [0.2, 0.25) is 0 Å². The molecule has 0 saturated carbocycles. The van der Waals surface area contributed by atoms with Crippen LogP contribution in [-0.4, -0.2) is 34.5 Å². The molecular formula is C19H21BrO6. The van der Waals surface area contributed by atoms with Gasteiger partial charge in [0.1, 0.15) is 6.10 Å². The zero-order valence-electron chi connectivity index (χ0n) is 15.3. The van der Waals surface area contributed by atoms with E-state index >= 15 is 0 Å². The number of rotatable bonds is 5. The maximum absolute atomic E-state index is 6.24. The quantitative estimate of drug-likeness (QED) is 0.709. The smallest absolute Gasteiger partial charge is 0.204 e. The monoisotopic (exact) mass is 424 g/mol. The van der Waals surface area contributed by atoms with E-state index in [1.54, 1.807) is 28.4 Å². The van der Waals surface area contributed by atoms with Gasteiger partial charge in [-0.25, -0.2) is 0 Å². The molecule has 0 amide bonds. The van der Waals surface area contributed by atoms with Crippen LogP contribution in [0.4, 0.5) is 0 Å². The first kappa shape index (κ1) is 18.5. The predicted molar refractivity (Wildman–Crippen MR) is 100 cm³/mol. The van der Waals surface area contributed by atoms with E-state index in [2.05, 4.69) is 15.9 Å². The van der Waals surface area contributed by atoms with Crippen LogP contribution in [0.3, 0.4) is 0 Å². The second-order valence-electron chi connectivity index (χ2n) is 5.76. The van der Waals surface area contributed by atoms with E-state index in [9.17, 15) is 0 Å². The zero-order valence-corrected chi connectivity index (χ0v) is 16.9. The molecule has 7 heteroatoms. The minimum Gasteiger partial charge on any atom is -0.493 e. The van der Waals surface area contributed by atoms with Crippen molar-refractivity contribution in [2.45, 2.75) is 19.1 Å². The highest BCUT2D eigenvalue weighted by Gasteiger charge is 2.33. The van der Waals surface area contributed by atoms with Crippen molar-refractivity contribution in [1.29, 1.82) is 0 Å². The van der Waals surface area contributed by atoms with Crippen molar-refractivity contribution in [2.75, 3.05) is 28.4 Å². The van der Waals surface area contributed by atoms with Crippen molar-refractivity contribution in [3.8, 4) is 34.5 Å². The van der Waals surface area contributed by atoms with E-state index in [4.69, 9.17) is 28.4 Å². The number of fused-ring (bicyclic) bond motifs is 1. The van der Waals surface area contributed by atoms with Gasteiger partial charge in [0.05, 0.1) is 28.4 Å². The van der Waals surface area contributed by atoms with Crippen molar-refractivity contribution < 1.29 is 28.4 Å². The minimum absolute atomic E-state index is 0.250. The largest absolute Gasteiger partial charge is 0.493 e. The number of hydrogen-bond acceptors (Lipinski definition) is 6. The molecule has 0 N–H and O–H groups in total. The molecule has 2 aromatic carbocycles. The van der Waals surface area contributed by atoms with E-state index in [-0.39, 0.29) is 12.2 Å². The van der Waals surface area contributed by atoms with Gasteiger partial charge < -0.3 is 28.4 Å². The minimum atomic E-state index is -0.352. The van der Waals surface area contributed by atoms with Gasteiger partial charge in [-0.3, -0.25) is 0 Å². The average Bonchev–Trinajstić information content (AvgIpc) is 2.65. The fraction of sp³-hybridized carbons (Fsp3) is 0.368. The Bertz CT molecular complexity index is 782. The van der Waals surface area contributed by atoms with Crippen LogP contribution in [0, 0.1) is 0 Å². The van der Waals surface area contributed by atoms with Crippen molar-refractivity contribution in [1.82, 2.24) is 0 Å². The number of hydrogen-bond donors (Lipinski definition) is 0. The Kier molecular flexibility index (Phi) is 5.36. The van der Waals surface area contributed by atoms with Crippen LogP contribution in [0.5, 0.6) is 34.5 Å². The maximum atomic E-state index is 6.24. The fourth-order valence-corrected chi connectivity index (χ4v) is 3.40. The molecule has 1 heterocycles. The predicted octanol–water partition coefficient (Wildman–Crippen LogP) is 4.38. The van der Waals surface area contributed by atoms with E-state index in [0.29, 0.717) is 34.5 Å². The lowest BCUT2D eigenvalue weighted by Crippen LogP contribution is -2.31. The zero-order chi connectivity index (χ0) is 18.8. The number of halogens is 1. The SMILES string of the molecule is COc1cc([C@H]2Oc3cc(Br)cc(OC)c3O[C@@H]2C)cc(OC)c1OC. The Balaban J connectivity index is 2.04. The molecule has 0 fully saturated rings. The standard InChI is InChI=1S/C19H21BrO6/c1-10-17(11-6-13(21-2)18(24-5)14(7-11)22-3)26-16-9-12(20)8-15(23-4)19(16)25-10/h6-10,17H,1-5H3/t10-,17+/m1/s1. The molecule has 0 aliphatic carbocycles. The van der Waals surface area contributed by atoms with Crippen LogP contribution < -0.4 is 28.4 Å². The average molecular weight is 425 g/mol. The van der Waals surface area contributed by atoms with Crippen molar-refractivity contribution >= 4 is 15.9 Å². The molecule has 2 atom stereocenters. The van der Waals surface area contributed by atoms with Gasteiger partial charge in [0.15, 0.2) is 29.1 Å². The fourth-order valence-electron chi connectivity index (χ4n) is 2.98. The lowest BCUT2D eigenvalue weighted by molar-refractivity contribution is 0.0278. The molecule has 2 aromatic rings. The highest BCUT2D eigenvalue weighted by molar-refractivity contribution is 9.10. The lowest BCUT2D eigenvalue weighted by atomic mass is 10.0. The number of benzene rings is 2. The van der Waals surface area contributed by atoms with E-state index in [0.717, 1.165) is 10.0 Å². The third kappa shape index (κ3) is 3.23. The van der Waals surface area contributed by atoms with E-state index < -0.39 is 0 Å². The lowest BCUT2D eigenvalue weighted by Gasteiger charge is -2.33. The Morgan fingerprint density at radius 2 is 1.42 bits per heavy atom. The van der Waals surface area contributed by atoms with Gasteiger partial charge in [-0.2, -0.15) is 0 Å². The third-order valence-corrected chi connectivity index (χ3v) is 4.66. The van der Waals surface area contributed by atoms with Crippen LogP contribution in [0.25, 0.3) is 0 Å². The summed E-state index contributed by atoms with van der Waals surface area (Å²) in [5.41, 5.74) is 0.858. The first-order valence-electron chi connectivity index (χ1n) is 8.03. The van der Waals surface area contributed by atoms with Gasteiger partial charge in [-0.1, -0.05) is 15.9 Å². The van der Waals surface area contributed by atoms with E-state index in [1.807, 2.05) is 31.2 Å². The van der Waals surface area contributed by atoms with Crippen LogP contribution in [0.1, 0.15) is 18.6 Å². The molecule has 0 radical (unpaired) electrons. The molecule has 0 aromatic heterocycles. The van der Waals surface area contributed by atoms with Gasteiger partial charge in [0.2, 0.25) is 11.5 Å². The number of methoxy groups -OCH3 is 4. The molecule has 0 unspecified atom stereocenters. The van der Waals surface area contributed by atoms with Gasteiger partial charge in [-0.05, 0) is 31.2 Å². The summed E-state index contributed by atoms with van der Waals surface area (Å²) >= 11 is 3.47. The van der Waals surface area contributed by atoms with Gasteiger partial charge in [-0.15, -0.1) is 0 Å². The molecule has 3 rings (SSSR count). The highest BCUT2D eigenvalue weighted by Crippen LogP contribution is 2.48. The Labute approximate surface area is 161 Å². The molecule has 1 aliphatic heterocycles. The topological polar surface area (TPSA) is 55.4 Å². The molecule has 26 heavy (non-hydrogen) atoms. The van der Waals surface area contributed by atoms with Gasteiger partial charge in [0, 0.05) is 10.0 Å². The van der Waals surface area contributed by atoms with Crippen LogP contribution in [0.15, 0.2) is 28.7 Å². The van der Waals surface area contributed by atoms with Crippen LogP contribution in [-0.2, 0) is 0 Å². The van der Waals surface area contributed by atoms with Crippen LogP contribution >= 0.6 is 15.9 Å². The first-order valence-corrected chi connectivity index (χ1v) is 8.82.